The summed E-state index contributed by atoms with van der Waals surface area (Å²) in [7, 11) is 2.15. The number of hydrogen-bond donors (Lipinski definition) is 0. The van der Waals surface area contributed by atoms with Gasteiger partial charge in [0.25, 0.3) is 0 Å². The summed E-state index contributed by atoms with van der Waals surface area (Å²) in [6.07, 6.45) is 12.8. The van der Waals surface area contributed by atoms with Crippen molar-refractivity contribution in [3.05, 3.63) is 47.6 Å². The summed E-state index contributed by atoms with van der Waals surface area (Å²) in [5.74, 6) is 0. The van der Waals surface area contributed by atoms with Crippen LogP contribution < -0.4 is 0 Å². The highest BCUT2D eigenvalue weighted by molar-refractivity contribution is 5.42. The molecule has 12 heavy (non-hydrogen) atoms. The van der Waals surface area contributed by atoms with Crippen LogP contribution in [0.25, 0.3) is 0 Å². The molecule has 2 aliphatic rings. The lowest BCUT2D eigenvalue weighted by Crippen LogP contribution is -2.14. The van der Waals surface area contributed by atoms with E-state index >= 15 is 0 Å². The normalized spacial score (nSPS) is 28.1. The van der Waals surface area contributed by atoms with Crippen molar-refractivity contribution < 1.29 is 0 Å². The Kier molecular flexibility index (Phi) is 1.96. The van der Waals surface area contributed by atoms with Crippen molar-refractivity contribution in [2.75, 3.05) is 20.1 Å². The average molecular weight is 159 g/mol. The molecule has 1 aliphatic heterocycles. The highest BCUT2D eigenvalue weighted by Crippen LogP contribution is 2.19. The zero-order valence-corrected chi connectivity index (χ0v) is 7.33. The standard InChI is InChI=1S/C11H13N/c1-12-8-10-6-4-2-3-5-7-11(10)9-12/h2-7H,8-9H2,1H3/b3-2-,4-2?,5-3?,6-4-,7-5?,10-6?,11-7?. The minimum Gasteiger partial charge on any atom is -0.298 e. The van der Waals surface area contributed by atoms with Crippen molar-refractivity contribution in [1.82, 2.24) is 4.90 Å². The molecule has 0 aromatic carbocycles. The third-order valence-electron chi connectivity index (χ3n) is 2.22. The molecule has 0 N–H and O–H groups in total. The summed E-state index contributed by atoms with van der Waals surface area (Å²) in [6.45, 7) is 2.17. The largest absolute Gasteiger partial charge is 0.298 e. The van der Waals surface area contributed by atoms with Crippen molar-refractivity contribution >= 4 is 0 Å². The average Bonchev–Trinajstić information content (AvgIpc) is 2.32. The molecule has 1 aliphatic carbocycles. The summed E-state index contributed by atoms with van der Waals surface area (Å²) in [5, 5.41) is 0. The van der Waals surface area contributed by atoms with Gasteiger partial charge in [-0.1, -0.05) is 36.5 Å². The van der Waals surface area contributed by atoms with Crippen molar-refractivity contribution in [3.63, 3.8) is 0 Å². The SMILES string of the molecule is CN1CC2=C(/C=C\C=C/C=C2)C1. The maximum absolute atomic E-state index is 2.32. The molecule has 1 heteroatoms. The van der Waals surface area contributed by atoms with E-state index in [0.29, 0.717) is 0 Å². The Morgan fingerprint density at radius 3 is 1.92 bits per heavy atom. The monoisotopic (exact) mass is 159 g/mol. The molecular formula is C11H13N. The van der Waals surface area contributed by atoms with Gasteiger partial charge in [0.15, 0.2) is 0 Å². The first-order chi connectivity index (χ1) is 5.86. The number of hydrogen-bond acceptors (Lipinski definition) is 1. The molecule has 0 atom stereocenters. The molecule has 0 spiro atoms. The van der Waals surface area contributed by atoms with E-state index in [9.17, 15) is 0 Å². The van der Waals surface area contributed by atoms with Gasteiger partial charge in [0.2, 0.25) is 0 Å². The number of likely N-dealkylation sites (N-methyl/N-ethyl adjacent to an activating group) is 1. The van der Waals surface area contributed by atoms with E-state index in [2.05, 4.69) is 48.4 Å². The van der Waals surface area contributed by atoms with Crippen LogP contribution in [0, 0.1) is 0 Å². The van der Waals surface area contributed by atoms with Gasteiger partial charge in [-0.3, -0.25) is 4.90 Å². The Bertz CT molecular complexity index is 264. The fourth-order valence-electron chi connectivity index (χ4n) is 1.63. The highest BCUT2D eigenvalue weighted by Gasteiger charge is 2.14. The van der Waals surface area contributed by atoms with Gasteiger partial charge >= 0.3 is 0 Å². The topological polar surface area (TPSA) is 3.24 Å². The summed E-state index contributed by atoms with van der Waals surface area (Å²) in [6, 6.07) is 0. The smallest absolute Gasteiger partial charge is 0.0237 e. The number of allylic oxidation sites excluding steroid dienone is 4. The summed E-state index contributed by atoms with van der Waals surface area (Å²) >= 11 is 0. The predicted molar refractivity (Wildman–Crippen MR) is 51.9 cm³/mol. The van der Waals surface area contributed by atoms with Crippen LogP contribution in [0.1, 0.15) is 0 Å². The van der Waals surface area contributed by atoms with Gasteiger partial charge in [0, 0.05) is 13.1 Å². The zero-order valence-electron chi connectivity index (χ0n) is 7.33. The Hall–Kier alpha value is -1.08. The molecule has 2 rings (SSSR count). The van der Waals surface area contributed by atoms with E-state index < -0.39 is 0 Å². The van der Waals surface area contributed by atoms with E-state index in [1.54, 1.807) is 0 Å². The van der Waals surface area contributed by atoms with Crippen molar-refractivity contribution in [3.8, 4) is 0 Å². The Balaban J connectivity index is 2.29. The zero-order chi connectivity index (χ0) is 8.39. The Labute approximate surface area is 73.4 Å². The summed E-state index contributed by atoms with van der Waals surface area (Å²) < 4.78 is 0. The molecule has 0 saturated carbocycles. The van der Waals surface area contributed by atoms with Crippen LogP contribution in [-0.2, 0) is 0 Å². The van der Waals surface area contributed by atoms with Gasteiger partial charge < -0.3 is 0 Å². The van der Waals surface area contributed by atoms with E-state index in [1.165, 1.54) is 11.1 Å². The molecule has 0 aromatic heterocycles. The van der Waals surface area contributed by atoms with E-state index in [4.69, 9.17) is 0 Å². The molecule has 0 saturated heterocycles. The van der Waals surface area contributed by atoms with E-state index in [0.717, 1.165) is 13.1 Å². The highest BCUT2D eigenvalue weighted by atomic mass is 15.1. The molecule has 0 unspecified atom stereocenters. The first-order valence-electron chi connectivity index (χ1n) is 4.28. The third-order valence-corrected chi connectivity index (χ3v) is 2.22. The van der Waals surface area contributed by atoms with Crippen LogP contribution >= 0.6 is 0 Å². The van der Waals surface area contributed by atoms with Gasteiger partial charge in [0.05, 0.1) is 0 Å². The van der Waals surface area contributed by atoms with Crippen molar-refractivity contribution in [1.29, 1.82) is 0 Å². The molecule has 0 amide bonds. The second kappa shape index (κ2) is 3.11. The van der Waals surface area contributed by atoms with Gasteiger partial charge in [-0.25, -0.2) is 0 Å². The molecule has 0 aromatic rings. The predicted octanol–water partition coefficient (Wildman–Crippen LogP) is 1.91. The minimum absolute atomic E-state index is 1.09. The number of rotatable bonds is 0. The maximum Gasteiger partial charge on any atom is 0.0237 e. The summed E-state index contributed by atoms with van der Waals surface area (Å²) in [4.78, 5) is 2.32. The second-order valence-corrected chi connectivity index (χ2v) is 3.33. The minimum atomic E-state index is 1.09. The van der Waals surface area contributed by atoms with Crippen LogP contribution in [0.15, 0.2) is 47.6 Å². The van der Waals surface area contributed by atoms with E-state index in [1.807, 2.05) is 0 Å². The Morgan fingerprint density at radius 2 is 1.42 bits per heavy atom. The molecule has 62 valence electrons. The first-order valence-corrected chi connectivity index (χ1v) is 4.28. The lowest BCUT2D eigenvalue weighted by atomic mass is 10.1. The van der Waals surface area contributed by atoms with Gasteiger partial charge in [0.1, 0.15) is 0 Å². The second-order valence-electron chi connectivity index (χ2n) is 3.33. The molecule has 0 radical (unpaired) electrons. The van der Waals surface area contributed by atoms with Gasteiger partial charge in [-0.15, -0.1) is 0 Å². The Morgan fingerprint density at radius 1 is 0.917 bits per heavy atom. The molecule has 0 bridgehead atoms. The van der Waals surface area contributed by atoms with Crippen molar-refractivity contribution in [2.24, 2.45) is 0 Å². The third kappa shape index (κ3) is 1.41. The van der Waals surface area contributed by atoms with Crippen LogP contribution in [0.5, 0.6) is 0 Å². The van der Waals surface area contributed by atoms with Crippen LogP contribution in [0.3, 0.4) is 0 Å². The molecular weight excluding hydrogens is 146 g/mol. The van der Waals surface area contributed by atoms with Crippen LogP contribution in [0.2, 0.25) is 0 Å². The lowest BCUT2D eigenvalue weighted by Gasteiger charge is -2.04. The lowest BCUT2D eigenvalue weighted by molar-refractivity contribution is 0.428. The fourth-order valence-corrected chi connectivity index (χ4v) is 1.63. The van der Waals surface area contributed by atoms with Crippen LogP contribution in [0.4, 0.5) is 0 Å². The number of nitrogens with zero attached hydrogens (tertiary/aromatic N) is 1. The van der Waals surface area contributed by atoms with E-state index in [-0.39, 0.29) is 0 Å². The summed E-state index contributed by atoms with van der Waals surface area (Å²) in [5.41, 5.74) is 2.91. The first kappa shape index (κ1) is 7.56. The molecule has 1 heterocycles. The maximum atomic E-state index is 2.32. The van der Waals surface area contributed by atoms with Gasteiger partial charge in [-0.05, 0) is 18.2 Å². The fraction of sp³-hybridized carbons (Fsp3) is 0.273. The van der Waals surface area contributed by atoms with Crippen LogP contribution in [-0.4, -0.2) is 25.0 Å². The quantitative estimate of drug-likeness (QED) is 0.522. The van der Waals surface area contributed by atoms with Crippen molar-refractivity contribution in [2.45, 2.75) is 0 Å². The van der Waals surface area contributed by atoms with Gasteiger partial charge in [-0.2, -0.15) is 0 Å². The molecule has 0 fully saturated rings. The molecule has 1 nitrogen and oxygen atoms in total.